The molecule has 0 bridgehead atoms. The SMILES string of the molecule is O=C(O)c1cc(-c2cccc(OCC3CC3)c2Br)no1. The number of carbonyl (C=O) groups is 1. The van der Waals surface area contributed by atoms with Crippen LogP contribution in [0.3, 0.4) is 0 Å². The second kappa shape index (κ2) is 5.28. The Labute approximate surface area is 123 Å². The third-order valence-electron chi connectivity index (χ3n) is 3.13. The number of rotatable bonds is 5. The first-order valence-corrected chi connectivity index (χ1v) is 7.06. The highest BCUT2D eigenvalue weighted by Crippen LogP contribution is 2.37. The molecular weight excluding hydrogens is 326 g/mol. The van der Waals surface area contributed by atoms with Crippen LogP contribution in [0.2, 0.25) is 0 Å². The van der Waals surface area contributed by atoms with Gasteiger partial charge >= 0.3 is 5.97 Å². The number of benzene rings is 1. The molecule has 1 fully saturated rings. The van der Waals surface area contributed by atoms with E-state index in [9.17, 15) is 4.79 Å². The smallest absolute Gasteiger partial charge is 0.374 e. The van der Waals surface area contributed by atoms with Crippen molar-refractivity contribution in [1.29, 1.82) is 0 Å². The Bertz CT molecular complexity index is 648. The van der Waals surface area contributed by atoms with Gasteiger partial charge in [0.15, 0.2) is 0 Å². The summed E-state index contributed by atoms with van der Waals surface area (Å²) < 4.78 is 11.3. The zero-order valence-electron chi connectivity index (χ0n) is 10.5. The van der Waals surface area contributed by atoms with Crippen LogP contribution < -0.4 is 4.74 Å². The van der Waals surface area contributed by atoms with E-state index in [0.29, 0.717) is 18.2 Å². The molecule has 0 radical (unpaired) electrons. The molecule has 0 atom stereocenters. The largest absolute Gasteiger partial charge is 0.492 e. The van der Waals surface area contributed by atoms with Gasteiger partial charge in [-0.1, -0.05) is 17.3 Å². The average Bonchev–Trinajstić information content (AvgIpc) is 3.12. The summed E-state index contributed by atoms with van der Waals surface area (Å²) in [5, 5.41) is 12.6. The fraction of sp³-hybridized carbons (Fsp3) is 0.286. The van der Waals surface area contributed by atoms with E-state index in [4.69, 9.17) is 14.4 Å². The number of ether oxygens (including phenoxy) is 1. The van der Waals surface area contributed by atoms with Crippen molar-refractivity contribution >= 4 is 21.9 Å². The molecule has 1 N–H and O–H groups in total. The van der Waals surface area contributed by atoms with Crippen molar-refractivity contribution in [3.8, 4) is 17.0 Å². The fourth-order valence-corrected chi connectivity index (χ4v) is 2.40. The van der Waals surface area contributed by atoms with Crippen LogP contribution in [0.1, 0.15) is 23.4 Å². The monoisotopic (exact) mass is 337 g/mol. The predicted octanol–water partition coefficient (Wildman–Crippen LogP) is 3.59. The lowest BCUT2D eigenvalue weighted by Gasteiger charge is -2.09. The second-order valence-electron chi connectivity index (χ2n) is 4.75. The number of hydrogen-bond acceptors (Lipinski definition) is 4. The summed E-state index contributed by atoms with van der Waals surface area (Å²) in [5.74, 6) is 0.0720. The Morgan fingerprint density at radius 2 is 2.30 bits per heavy atom. The van der Waals surface area contributed by atoms with Gasteiger partial charge in [0.1, 0.15) is 11.4 Å². The molecular formula is C14H12BrNO4. The molecule has 6 heteroatoms. The van der Waals surface area contributed by atoms with Crippen LogP contribution in [0.15, 0.2) is 33.3 Å². The van der Waals surface area contributed by atoms with Gasteiger partial charge in [0.2, 0.25) is 5.76 Å². The molecule has 1 aliphatic rings. The van der Waals surface area contributed by atoms with Crippen molar-refractivity contribution in [1.82, 2.24) is 5.16 Å². The van der Waals surface area contributed by atoms with Crippen molar-refractivity contribution in [2.45, 2.75) is 12.8 Å². The Balaban J connectivity index is 1.87. The topological polar surface area (TPSA) is 72.6 Å². The molecule has 104 valence electrons. The van der Waals surface area contributed by atoms with Crippen LogP contribution in [-0.2, 0) is 0 Å². The first-order chi connectivity index (χ1) is 9.65. The van der Waals surface area contributed by atoms with Crippen molar-refractivity contribution < 1.29 is 19.2 Å². The van der Waals surface area contributed by atoms with Gasteiger partial charge in [0, 0.05) is 11.6 Å². The van der Waals surface area contributed by atoms with E-state index in [-0.39, 0.29) is 5.76 Å². The molecule has 0 saturated heterocycles. The molecule has 0 aliphatic heterocycles. The number of hydrogen-bond donors (Lipinski definition) is 1. The summed E-state index contributed by atoms with van der Waals surface area (Å²) in [6.45, 7) is 0.710. The Morgan fingerprint density at radius 1 is 1.50 bits per heavy atom. The number of aromatic nitrogens is 1. The molecule has 2 aromatic rings. The third-order valence-corrected chi connectivity index (χ3v) is 3.95. The Hall–Kier alpha value is -1.82. The summed E-state index contributed by atoms with van der Waals surface area (Å²) in [4.78, 5) is 10.8. The highest BCUT2D eigenvalue weighted by molar-refractivity contribution is 9.10. The molecule has 0 unspecified atom stereocenters. The van der Waals surface area contributed by atoms with Crippen molar-refractivity contribution in [3.63, 3.8) is 0 Å². The van der Waals surface area contributed by atoms with Crippen LogP contribution in [0.4, 0.5) is 0 Å². The molecule has 1 aromatic carbocycles. The van der Waals surface area contributed by atoms with Crippen LogP contribution in [0, 0.1) is 5.92 Å². The van der Waals surface area contributed by atoms with Crippen molar-refractivity contribution in [2.75, 3.05) is 6.61 Å². The molecule has 1 aromatic heterocycles. The fourth-order valence-electron chi connectivity index (χ4n) is 1.82. The molecule has 0 amide bonds. The van der Waals surface area contributed by atoms with E-state index >= 15 is 0 Å². The number of aromatic carboxylic acids is 1. The van der Waals surface area contributed by atoms with Crippen molar-refractivity contribution in [2.24, 2.45) is 5.92 Å². The summed E-state index contributed by atoms with van der Waals surface area (Å²) in [6, 6.07) is 6.94. The Kier molecular flexibility index (Phi) is 3.48. The van der Waals surface area contributed by atoms with Gasteiger partial charge in [-0.25, -0.2) is 4.79 Å². The minimum Gasteiger partial charge on any atom is -0.492 e. The normalized spacial score (nSPS) is 14.2. The summed E-state index contributed by atoms with van der Waals surface area (Å²) in [5.41, 5.74) is 1.21. The lowest BCUT2D eigenvalue weighted by molar-refractivity contribution is 0.0652. The van der Waals surface area contributed by atoms with Gasteiger partial charge in [0.25, 0.3) is 0 Å². The zero-order chi connectivity index (χ0) is 14.1. The predicted molar refractivity (Wildman–Crippen MR) is 74.8 cm³/mol. The van der Waals surface area contributed by atoms with E-state index in [1.807, 2.05) is 18.2 Å². The van der Waals surface area contributed by atoms with Gasteiger partial charge in [-0.15, -0.1) is 0 Å². The third kappa shape index (κ3) is 2.70. The van der Waals surface area contributed by atoms with E-state index in [1.54, 1.807) is 0 Å². The molecule has 3 rings (SSSR count). The lowest BCUT2D eigenvalue weighted by Crippen LogP contribution is -1.99. The van der Waals surface area contributed by atoms with Crippen molar-refractivity contribution in [3.05, 3.63) is 34.5 Å². The highest BCUT2D eigenvalue weighted by Gasteiger charge is 2.23. The second-order valence-corrected chi connectivity index (χ2v) is 5.55. The number of nitrogens with zero attached hydrogens (tertiary/aromatic N) is 1. The number of halogens is 1. The van der Waals surface area contributed by atoms with Gasteiger partial charge in [-0.3, -0.25) is 0 Å². The molecule has 20 heavy (non-hydrogen) atoms. The van der Waals surface area contributed by atoms with Crippen LogP contribution >= 0.6 is 15.9 Å². The molecule has 1 aliphatic carbocycles. The first-order valence-electron chi connectivity index (χ1n) is 6.27. The van der Waals surface area contributed by atoms with Gasteiger partial charge in [0.05, 0.1) is 11.1 Å². The summed E-state index contributed by atoms with van der Waals surface area (Å²) in [6.07, 6.45) is 2.45. The number of carboxylic acids is 1. The summed E-state index contributed by atoms with van der Waals surface area (Å²) >= 11 is 3.48. The maximum Gasteiger partial charge on any atom is 0.374 e. The van der Waals surface area contributed by atoms with E-state index < -0.39 is 5.97 Å². The quantitative estimate of drug-likeness (QED) is 0.902. The first kappa shape index (κ1) is 13.2. The van der Waals surface area contributed by atoms with Gasteiger partial charge in [-0.05, 0) is 40.8 Å². The van der Waals surface area contributed by atoms with Gasteiger partial charge in [-0.2, -0.15) is 0 Å². The Morgan fingerprint density at radius 3 is 2.95 bits per heavy atom. The maximum atomic E-state index is 10.8. The average molecular weight is 338 g/mol. The van der Waals surface area contributed by atoms with Crippen LogP contribution in [0.5, 0.6) is 5.75 Å². The van der Waals surface area contributed by atoms with Gasteiger partial charge < -0.3 is 14.4 Å². The van der Waals surface area contributed by atoms with Crippen LogP contribution in [-0.4, -0.2) is 22.8 Å². The molecule has 1 saturated carbocycles. The van der Waals surface area contributed by atoms with E-state index in [0.717, 1.165) is 15.8 Å². The van der Waals surface area contributed by atoms with E-state index in [1.165, 1.54) is 18.9 Å². The standard InChI is InChI=1S/C14H12BrNO4/c15-13-9(10-6-12(14(17)18)20-16-10)2-1-3-11(13)19-7-8-4-5-8/h1-3,6,8H,4-5,7H2,(H,17,18). The molecule has 0 spiro atoms. The highest BCUT2D eigenvalue weighted by atomic mass is 79.9. The minimum atomic E-state index is -1.14. The van der Waals surface area contributed by atoms with Crippen LogP contribution in [0.25, 0.3) is 11.3 Å². The zero-order valence-corrected chi connectivity index (χ0v) is 12.1. The molecule has 1 heterocycles. The maximum absolute atomic E-state index is 10.8. The minimum absolute atomic E-state index is 0.184. The molecule has 5 nitrogen and oxygen atoms in total. The lowest BCUT2D eigenvalue weighted by atomic mass is 10.1. The number of carboxylic acid groups (broad SMARTS) is 1. The summed E-state index contributed by atoms with van der Waals surface area (Å²) in [7, 11) is 0. The van der Waals surface area contributed by atoms with E-state index in [2.05, 4.69) is 21.1 Å².